The number of likely N-dealkylation sites (tertiary alicyclic amines) is 1. The molecule has 154 valence electrons. The van der Waals surface area contributed by atoms with Gasteiger partial charge >= 0.3 is 5.97 Å². The molecule has 0 bridgehead atoms. The van der Waals surface area contributed by atoms with Gasteiger partial charge in [0.05, 0.1) is 24.6 Å². The van der Waals surface area contributed by atoms with Crippen molar-refractivity contribution in [3.63, 3.8) is 0 Å². The summed E-state index contributed by atoms with van der Waals surface area (Å²) in [6, 6.07) is 21.8. The number of piperidine rings is 1. The molecule has 30 heavy (non-hydrogen) atoms. The van der Waals surface area contributed by atoms with E-state index in [1.807, 2.05) is 60.7 Å². The van der Waals surface area contributed by atoms with Crippen molar-refractivity contribution in [1.29, 1.82) is 0 Å². The maximum Gasteiger partial charge on any atom is 0.308 e. The summed E-state index contributed by atoms with van der Waals surface area (Å²) < 4.78 is 10.3. The Morgan fingerprint density at radius 2 is 1.57 bits per heavy atom. The van der Waals surface area contributed by atoms with Crippen molar-refractivity contribution in [3.05, 3.63) is 89.3 Å². The molecule has 6 heteroatoms. The van der Waals surface area contributed by atoms with E-state index in [2.05, 4.69) is 5.16 Å². The normalized spacial score (nSPS) is 14.7. The average Bonchev–Trinajstić information content (AvgIpc) is 3.29. The van der Waals surface area contributed by atoms with Crippen LogP contribution in [0, 0.1) is 5.92 Å². The molecule has 2 aromatic carbocycles. The van der Waals surface area contributed by atoms with Gasteiger partial charge in [0.2, 0.25) is 5.76 Å². The number of amides is 1. The third-order valence-electron chi connectivity index (χ3n) is 5.62. The minimum atomic E-state index is -0.211. The van der Waals surface area contributed by atoms with Crippen molar-refractivity contribution < 1.29 is 18.8 Å². The Kier molecular flexibility index (Phi) is 5.93. The molecule has 1 aliphatic heterocycles. The van der Waals surface area contributed by atoms with Crippen molar-refractivity contribution in [3.8, 4) is 0 Å². The molecule has 0 unspecified atom stereocenters. The molecule has 6 nitrogen and oxygen atoms in total. The molecule has 1 fully saturated rings. The largest absolute Gasteiger partial charge is 0.469 e. The van der Waals surface area contributed by atoms with Gasteiger partial charge in [-0.05, 0) is 24.0 Å². The highest BCUT2D eigenvalue weighted by Gasteiger charge is 2.30. The van der Waals surface area contributed by atoms with E-state index in [4.69, 9.17) is 9.26 Å². The summed E-state index contributed by atoms with van der Waals surface area (Å²) in [6.45, 7) is 0.991. The molecule has 1 amide bonds. The molecular formula is C24H24N2O4. The number of methoxy groups -OCH3 is 1. The van der Waals surface area contributed by atoms with Gasteiger partial charge in [-0.25, -0.2) is 0 Å². The Balaban J connectivity index is 1.55. The SMILES string of the molecule is COC(=O)C1CCN(C(=O)c2cc(C(c3ccccc3)c3ccccc3)no2)CC1. The number of hydrogen-bond acceptors (Lipinski definition) is 5. The van der Waals surface area contributed by atoms with Crippen LogP contribution in [0.25, 0.3) is 0 Å². The van der Waals surface area contributed by atoms with Crippen LogP contribution in [0.3, 0.4) is 0 Å². The third kappa shape index (κ3) is 4.13. The zero-order valence-corrected chi connectivity index (χ0v) is 16.9. The first kappa shape index (κ1) is 19.9. The topological polar surface area (TPSA) is 72.6 Å². The van der Waals surface area contributed by atoms with Gasteiger partial charge in [0.15, 0.2) is 0 Å². The molecule has 4 rings (SSSR count). The summed E-state index contributed by atoms with van der Waals surface area (Å²) in [6.07, 6.45) is 1.19. The van der Waals surface area contributed by atoms with Crippen LogP contribution in [0.5, 0.6) is 0 Å². The lowest BCUT2D eigenvalue weighted by molar-refractivity contribution is -0.146. The summed E-state index contributed by atoms with van der Waals surface area (Å²) in [5, 5.41) is 4.25. The first-order valence-corrected chi connectivity index (χ1v) is 10.1. The molecule has 0 atom stereocenters. The van der Waals surface area contributed by atoms with Crippen LogP contribution in [-0.2, 0) is 9.53 Å². The predicted molar refractivity (Wildman–Crippen MR) is 111 cm³/mol. The van der Waals surface area contributed by atoms with E-state index < -0.39 is 0 Å². The van der Waals surface area contributed by atoms with Crippen LogP contribution >= 0.6 is 0 Å². The number of esters is 1. The molecule has 2 heterocycles. The fourth-order valence-electron chi connectivity index (χ4n) is 3.99. The van der Waals surface area contributed by atoms with Crippen molar-refractivity contribution in [2.75, 3.05) is 20.2 Å². The van der Waals surface area contributed by atoms with Crippen LogP contribution in [0.15, 0.2) is 71.3 Å². The van der Waals surface area contributed by atoms with Crippen LogP contribution in [0.4, 0.5) is 0 Å². The summed E-state index contributed by atoms with van der Waals surface area (Å²) in [7, 11) is 1.39. The zero-order valence-electron chi connectivity index (χ0n) is 16.9. The van der Waals surface area contributed by atoms with Crippen molar-refractivity contribution >= 4 is 11.9 Å². The van der Waals surface area contributed by atoms with E-state index in [0.29, 0.717) is 31.6 Å². The molecule has 0 spiro atoms. The van der Waals surface area contributed by atoms with E-state index >= 15 is 0 Å². The van der Waals surface area contributed by atoms with Crippen molar-refractivity contribution in [2.45, 2.75) is 18.8 Å². The quantitative estimate of drug-likeness (QED) is 0.604. The Hall–Kier alpha value is -3.41. The lowest BCUT2D eigenvalue weighted by Crippen LogP contribution is -2.40. The molecule has 3 aromatic rings. The summed E-state index contributed by atoms with van der Waals surface area (Å²) >= 11 is 0. The second-order valence-corrected chi connectivity index (χ2v) is 7.46. The van der Waals surface area contributed by atoms with Crippen molar-refractivity contribution in [1.82, 2.24) is 10.1 Å². The first-order valence-electron chi connectivity index (χ1n) is 10.1. The van der Waals surface area contributed by atoms with Gasteiger partial charge in [-0.1, -0.05) is 65.8 Å². The van der Waals surface area contributed by atoms with Gasteiger partial charge < -0.3 is 14.2 Å². The second-order valence-electron chi connectivity index (χ2n) is 7.46. The van der Waals surface area contributed by atoms with Crippen LogP contribution < -0.4 is 0 Å². The fraction of sp³-hybridized carbons (Fsp3) is 0.292. The Morgan fingerprint density at radius 1 is 1.00 bits per heavy atom. The molecule has 0 saturated carbocycles. The van der Waals surface area contributed by atoms with Gasteiger partial charge in [0.25, 0.3) is 5.91 Å². The highest BCUT2D eigenvalue weighted by atomic mass is 16.5. The highest BCUT2D eigenvalue weighted by molar-refractivity contribution is 5.91. The van der Waals surface area contributed by atoms with Crippen LogP contribution in [0.2, 0.25) is 0 Å². The number of aromatic nitrogens is 1. The average molecular weight is 404 g/mol. The van der Waals surface area contributed by atoms with Crippen LogP contribution in [-0.4, -0.2) is 42.1 Å². The van der Waals surface area contributed by atoms with E-state index in [1.165, 1.54) is 7.11 Å². The third-order valence-corrected chi connectivity index (χ3v) is 5.62. The number of hydrogen-bond donors (Lipinski definition) is 0. The maximum atomic E-state index is 12.9. The van der Waals surface area contributed by atoms with E-state index in [1.54, 1.807) is 11.0 Å². The Labute approximate surface area is 175 Å². The van der Waals surface area contributed by atoms with E-state index in [0.717, 1.165) is 11.1 Å². The van der Waals surface area contributed by atoms with E-state index in [9.17, 15) is 9.59 Å². The van der Waals surface area contributed by atoms with E-state index in [-0.39, 0.29) is 29.5 Å². The molecule has 0 aliphatic carbocycles. The minimum absolute atomic E-state index is 0.122. The monoisotopic (exact) mass is 404 g/mol. The van der Waals surface area contributed by atoms with Gasteiger partial charge in [-0.15, -0.1) is 0 Å². The van der Waals surface area contributed by atoms with Gasteiger partial charge in [-0.3, -0.25) is 9.59 Å². The summed E-state index contributed by atoms with van der Waals surface area (Å²) in [5.74, 6) is -0.458. The lowest BCUT2D eigenvalue weighted by Gasteiger charge is -2.29. The smallest absolute Gasteiger partial charge is 0.308 e. The minimum Gasteiger partial charge on any atom is -0.469 e. The second kappa shape index (κ2) is 8.95. The number of ether oxygens (including phenoxy) is 1. The highest BCUT2D eigenvalue weighted by Crippen LogP contribution is 2.32. The van der Waals surface area contributed by atoms with Gasteiger partial charge in [-0.2, -0.15) is 0 Å². The Bertz CT molecular complexity index is 953. The molecule has 1 aliphatic rings. The zero-order chi connectivity index (χ0) is 20.9. The molecule has 1 saturated heterocycles. The summed E-state index contributed by atoms with van der Waals surface area (Å²) in [5.41, 5.74) is 2.85. The number of carbonyl (C=O) groups excluding carboxylic acids is 2. The molecular weight excluding hydrogens is 380 g/mol. The lowest BCUT2D eigenvalue weighted by atomic mass is 9.88. The van der Waals surface area contributed by atoms with Gasteiger partial charge in [0.1, 0.15) is 0 Å². The predicted octanol–water partition coefficient (Wildman–Crippen LogP) is 3.88. The fourth-order valence-corrected chi connectivity index (χ4v) is 3.99. The molecule has 0 N–H and O–H groups in total. The number of benzene rings is 2. The van der Waals surface area contributed by atoms with Crippen LogP contribution in [0.1, 0.15) is 46.1 Å². The molecule has 1 aromatic heterocycles. The first-order chi connectivity index (χ1) is 14.7. The standard InChI is InChI=1S/C24H24N2O4/c1-29-24(28)19-12-14-26(15-13-19)23(27)21-16-20(25-30-21)22(17-8-4-2-5-9-17)18-10-6-3-7-11-18/h2-11,16,19,22H,12-15H2,1H3. The summed E-state index contributed by atoms with van der Waals surface area (Å²) in [4.78, 5) is 26.3. The maximum absolute atomic E-state index is 12.9. The molecule has 0 radical (unpaired) electrons. The van der Waals surface area contributed by atoms with Gasteiger partial charge in [0, 0.05) is 19.2 Å². The number of carbonyl (C=O) groups is 2. The van der Waals surface area contributed by atoms with Crippen molar-refractivity contribution in [2.24, 2.45) is 5.92 Å². The Morgan fingerprint density at radius 3 is 2.10 bits per heavy atom. The number of nitrogens with zero attached hydrogens (tertiary/aromatic N) is 2. The number of rotatable bonds is 5.